The van der Waals surface area contributed by atoms with Gasteiger partial charge in [-0.15, -0.1) is 0 Å². The van der Waals surface area contributed by atoms with Crippen LogP contribution in [0.2, 0.25) is 10.0 Å². The van der Waals surface area contributed by atoms with E-state index < -0.39 is 0 Å². The van der Waals surface area contributed by atoms with E-state index in [1.54, 1.807) is 35.0 Å². The van der Waals surface area contributed by atoms with E-state index in [2.05, 4.69) is 10.4 Å². The molecule has 146 valence electrons. The number of rotatable bonds is 6. The van der Waals surface area contributed by atoms with E-state index in [1.807, 2.05) is 39.2 Å². The van der Waals surface area contributed by atoms with Gasteiger partial charge in [-0.25, -0.2) is 0 Å². The van der Waals surface area contributed by atoms with Crippen LogP contribution in [0.5, 0.6) is 5.75 Å². The van der Waals surface area contributed by atoms with Gasteiger partial charge in [0.2, 0.25) is 0 Å². The number of hydrogen-bond acceptors (Lipinski definition) is 3. The number of nitrogens with zero attached hydrogens (tertiary/aromatic N) is 2. The van der Waals surface area contributed by atoms with Crippen LogP contribution in [0.4, 0.5) is 0 Å². The van der Waals surface area contributed by atoms with Crippen molar-refractivity contribution in [3.63, 3.8) is 0 Å². The fourth-order valence-electron chi connectivity index (χ4n) is 2.91. The molecule has 1 N–H and O–H groups in total. The molecule has 28 heavy (non-hydrogen) atoms. The lowest BCUT2D eigenvalue weighted by Crippen LogP contribution is -2.26. The fraction of sp³-hybridized carbons (Fsp3) is 0.238. The van der Waals surface area contributed by atoms with Crippen LogP contribution in [0.3, 0.4) is 0 Å². The molecule has 0 saturated carbocycles. The summed E-state index contributed by atoms with van der Waals surface area (Å²) in [5, 5.41) is 8.34. The summed E-state index contributed by atoms with van der Waals surface area (Å²) in [5.41, 5.74) is 3.42. The molecule has 2 aromatic carbocycles. The van der Waals surface area contributed by atoms with Gasteiger partial charge in [-0.1, -0.05) is 35.3 Å². The van der Waals surface area contributed by atoms with Gasteiger partial charge in [-0.3, -0.25) is 9.48 Å². The van der Waals surface area contributed by atoms with Crippen molar-refractivity contribution in [1.82, 2.24) is 15.1 Å². The van der Waals surface area contributed by atoms with Gasteiger partial charge in [0.1, 0.15) is 12.4 Å². The van der Waals surface area contributed by atoms with Crippen LogP contribution in [0.15, 0.2) is 48.7 Å². The molecule has 0 bridgehead atoms. The van der Waals surface area contributed by atoms with Gasteiger partial charge in [0, 0.05) is 29.4 Å². The highest BCUT2D eigenvalue weighted by atomic mass is 35.5. The molecule has 7 heteroatoms. The van der Waals surface area contributed by atoms with Crippen molar-refractivity contribution in [1.29, 1.82) is 0 Å². The van der Waals surface area contributed by atoms with E-state index in [1.165, 1.54) is 0 Å². The third-order valence-corrected chi connectivity index (χ3v) is 4.90. The minimum absolute atomic E-state index is 0.128. The van der Waals surface area contributed by atoms with Crippen molar-refractivity contribution in [3.05, 3.63) is 81.1 Å². The Balaban J connectivity index is 1.60. The van der Waals surface area contributed by atoms with Gasteiger partial charge in [0.15, 0.2) is 0 Å². The summed E-state index contributed by atoms with van der Waals surface area (Å²) in [4.78, 5) is 12.5. The maximum atomic E-state index is 12.5. The second-order valence-electron chi connectivity index (χ2n) is 6.60. The van der Waals surface area contributed by atoms with E-state index in [4.69, 9.17) is 27.9 Å². The van der Waals surface area contributed by atoms with Crippen molar-refractivity contribution >= 4 is 29.1 Å². The molecular weight excluding hydrogens is 397 g/mol. The lowest BCUT2D eigenvalue weighted by Gasteiger charge is -2.14. The summed E-state index contributed by atoms with van der Waals surface area (Å²) in [5.74, 6) is 0.428. The van der Waals surface area contributed by atoms with Crippen LogP contribution in [-0.4, -0.2) is 15.7 Å². The highest BCUT2D eigenvalue weighted by Gasteiger charge is 2.15. The van der Waals surface area contributed by atoms with Gasteiger partial charge in [0.25, 0.3) is 5.91 Å². The average molecular weight is 418 g/mol. The Morgan fingerprint density at radius 3 is 2.54 bits per heavy atom. The molecule has 1 heterocycles. The molecule has 0 spiro atoms. The monoisotopic (exact) mass is 417 g/mol. The number of aryl methyl sites for hydroxylation is 2. The van der Waals surface area contributed by atoms with Crippen LogP contribution in [-0.2, 0) is 13.7 Å². The number of ether oxygens (including phenoxy) is 1. The second-order valence-corrected chi connectivity index (χ2v) is 7.44. The smallest absolute Gasteiger partial charge is 0.251 e. The second kappa shape index (κ2) is 8.67. The molecule has 0 saturated heterocycles. The summed E-state index contributed by atoms with van der Waals surface area (Å²) in [7, 11) is 1.86. The first-order valence-corrected chi connectivity index (χ1v) is 9.57. The van der Waals surface area contributed by atoms with Gasteiger partial charge in [0.05, 0.1) is 16.8 Å². The number of hydrogen-bond donors (Lipinski definition) is 1. The molecule has 1 unspecified atom stereocenters. The highest BCUT2D eigenvalue weighted by molar-refractivity contribution is 6.35. The summed E-state index contributed by atoms with van der Waals surface area (Å²) in [6.45, 7) is 4.22. The van der Waals surface area contributed by atoms with Gasteiger partial charge >= 0.3 is 0 Å². The van der Waals surface area contributed by atoms with Crippen LogP contribution in [0, 0.1) is 6.92 Å². The van der Waals surface area contributed by atoms with Crippen LogP contribution in [0.1, 0.15) is 40.1 Å². The van der Waals surface area contributed by atoms with Crippen molar-refractivity contribution in [2.45, 2.75) is 26.5 Å². The minimum Gasteiger partial charge on any atom is -0.487 e. The Labute approximate surface area is 174 Å². The molecule has 3 rings (SSSR count). The molecule has 1 amide bonds. The van der Waals surface area contributed by atoms with Gasteiger partial charge < -0.3 is 10.1 Å². The lowest BCUT2D eigenvalue weighted by atomic mass is 10.1. The summed E-state index contributed by atoms with van der Waals surface area (Å²) < 4.78 is 7.46. The number of halogens is 2. The van der Waals surface area contributed by atoms with Crippen LogP contribution in [0.25, 0.3) is 0 Å². The number of carbonyl (C=O) groups excluding carboxylic acids is 1. The quantitative estimate of drug-likeness (QED) is 0.606. The largest absolute Gasteiger partial charge is 0.487 e. The van der Waals surface area contributed by atoms with Crippen molar-refractivity contribution < 1.29 is 9.53 Å². The predicted octanol–water partition coefficient (Wildman–Crippen LogP) is 5.11. The molecule has 0 aliphatic carbocycles. The third-order valence-electron chi connectivity index (χ3n) is 4.37. The zero-order valence-corrected chi connectivity index (χ0v) is 17.4. The number of benzene rings is 2. The zero-order chi connectivity index (χ0) is 20.3. The Morgan fingerprint density at radius 1 is 1.21 bits per heavy atom. The molecule has 0 radical (unpaired) electrons. The van der Waals surface area contributed by atoms with Gasteiger partial charge in [-0.05, 0) is 49.7 Å². The summed E-state index contributed by atoms with van der Waals surface area (Å²) in [6, 6.07) is 12.2. The first kappa shape index (κ1) is 20.2. The number of aromatic nitrogens is 2. The Kier molecular flexibility index (Phi) is 6.27. The zero-order valence-electron chi connectivity index (χ0n) is 15.9. The fourth-order valence-corrected chi connectivity index (χ4v) is 3.37. The molecule has 1 aromatic heterocycles. The van der Waals surface area contributed by atoms with E-state index in [9.17, 15) is 4.79 Å². The van der Waals surface area contributed by atoms with Crippen molar-refractivity contribution in [2.75, 3.05) is 0 Å². The van der Waals surface area contributed by atoms with E-state index >= 15 is 0 Å². The molecule has 0 aliphatic rings. The van der Waals surface area contributed by atoms with E-state index in [0.29, 0.717) is 28.0 Å². The predicted molar refractivity (Wildman–Crippen MR) is 111 cm³/mol. The van der Waals surface area contributed by atoms with Gasteiger partial charge in [-0.2, -0.15) is 5.10 Å². The number of nitrogens with one attached hydrogen (secondary N) is 1. The molecule has 3 aromatic rings. The highest BCUT2D eigenvalue weighted by Crippen LogP contribution is 2.28. The van der Waals surface area contributed by atoms with Crippen molar-refractivity contribution in [2.24, 2.45) is 7.05 Å². The summed E-state index contributed by atoms with van der Waals surface area (Å²) >= 11 is 12.0. The Bertz CT molecular complexity index is 984. The Hall–Kier alpha value is -2.50. The maximum Gasteiger partial charge on any atom is 0.251 e. The molecule has 5 nitrogen and oxygen atoms in total. The molecule has 0 fully saturated rings. The SMILES string of the molecule is Cc1nn(C)cc1C(C)NC(=O)c1ccc(COc2ccc(Cl)cc2Cl)cc1. The third kappa shape index (κ3) is 4.86. The molecule has 1 atom stereocenters. The van der Waals surface area contributed by atoms with Crippen molar-refractivity contribution in [3.8, 4) is 5.75 Å². The standard InChI is InChI=1S/C21H21Cl2N3O2/c1-13(18-11-26(3)25-14(18)2)24-21(27)16-6-4-15(5-7-16)12-28-20-9-8-17(22)10-19(20)23/h4-11,13H,12H2,1-3H3,(H,24,27). The number of carbonyl (C=O) groups is 1. The maximum absolute atomic E-state index is 12.5. The first-order chi connectivity index (χ1) is 13.3. The summed E-state index contributed by atoms with van der Waals surface area (Å²) in [6.07, 6.45) is 1.92. The lowest BCUT2D eigenvalue weighted by molar-refractivity contribution is 0.0939. The van der Waals surface area contributed by atoms with E-state index in [0.717, 1.165) is 16.8 Å². The average Bonchev–Trinajstić information content (AvgIpc) is 2.99. The van der Waals surface area contributed by atoms with Crippen LogP contribution >= 0.6 is 23.2 Å². The topological polar surface area (TPSA) is 56.2 Å². The Morgan fingerprint density at radius 2 is 1.93 bits per heavy atom. The molecular formula is C21H21Cl2N3O2. The van der Waals surface area contributed by atoms with Crippen LogP contribution < -0.4 is 10.1 Å². The molecule has 0 aliphatic heterocycles. The first-order valence-electron chi connectivity index (χ1n) is 8.81. The normalized spacial score (nSPS) is 11.9. The van der Waals surface area contributed by atoms with E-state index in [-0.39, 0.29) is 11.9 Å². The minimum atomic E-state index is -0.135. The number of amides is 1.